The Kier molecular flexibility index (Phi) is 6.53. The zero-order valence-electron chi connectivity index (χ0n) is 20.1. The first-order valence-electron chi connectivity index (χ1n) is 12.1. The average Bonchev–Trinajstić information content (AvgIpc) is 3.50. The van der Waals surface area contributed by atoms with E-state index >= 15 is 0 Å². The van der Waals surface area contributed by atoms with Crippen LogP contribution in [0, 0.1) is 23.1 Å². The van der Waals surface area contributed by atoms with Crippen LogP contribution >= 0.6 is 0 Å². The predicted octanol–water partition coefficient (Wildman–Crippen LogP) is 3.35. The maximum absolute atomic E-state index is 13.5. The molecule has 0 spiro atoms. The first-order valence-corrected chi connectivity index (χ1v) is 12.1. The highest BCUT2D eigenvalue weighted by Crippen LogP contribution is 2.36. The fraction of sp³-hybridized carbons (Fsp3) is 0.333. The van der Waals surface area contributed by atoms with Gasteiger partial charge in [0.15, 0.2) is 0 Å². The molecule has 1 aliphatic carbocycles. The highest BCUT2D eigenvalue weighted by Gasteiger charge is 2.35. The van der Waals surface area contributed by atoms with E-state index in [1.165, 1.54) is 18.2 Å². The number of amides is 3. The molecule has 190 valence electrons. The van der Waals surface area contributed by atoms with E-state index in [1.54, 1.807) is 19.2 Å². The molecule has 5 rings (SSSR count). The quantitative estimate of drug-likeness (QED) is 0.355. The summed E-state index contributed by atoms with van der Waals surface area (Å²) in [6, 6.07) is 11.3. The van der Waals surface area contributed by atoms with Crippen molar-refractivity contribution in [3.8, 4) is 11.8 Å². The number of aromatic nitrogens is 1. The molecular formula is C27H26FN5O4. The predicted molar refractivity (Wildman–Crippen MR) is 133 cm³/mol. The molecule has 2 heterocycles. The van der Waals surface area contributed by atoms with Gasteiger partial charge in [0.05, 0.1) is 19.1 Å². The lowest BCUT2D eigenvalue weighted by molar-refractivity contribution is -0.124. The molecule has 1 aliphatic heterocycles. The van der Waals surface area contributed by atoms with Crippen LogP contribution in [-0.2, 0) is 9.59 Å². The van der Waals surface area contributed by atoms with Gasteiger partial charge < -0.3 is 25.7 Å². The molecule has 0 saturated heterocycles. The van der Waals surface area contributed by atoms with Crippen molar-refractivity contribution in [2.75, 3.05) is 12.4 Å². The van der Waals surface area contributed by atoms with Gasteiger partial charge in [0, 0.05) is 16.6 Å². The van der Waals surface area contributed by atoms with Crippen LogP contribution in [0.15, 0.2) is 42.5 Å². The molecule has 4 N–H and O–H groups in total. The molecule has 10 heteroatoms. The van der Waals surface area contributed by atoms with Gasteiger partial charge in [-0.25, -0.2) is 4.39 Å². The Morgan fingerprint density at radius 1 is 1.19 bits per heavy atom. The fourth-order valence-corrected chi connectivity index (χ4v) is 4.77. The van der Waals surface area contributed by atoms with Crippen LogP contribution in [0.25, 0.3) is 10.9 Å². The molecule has 0 bridgehead atoms. The summed E-state index contributed by atoms with van der Waals surface area (Å²) >= 11 is 0. The summed E-state index contributed by atoms with van der Waals surface area (Å²) in [5, 5.41) is 18.6. The summed E-state index contributed by atoms with van der Waals surface area (Å²) in [5.74, 6) is -1.52. The van der Waals surface area contributed by atoms with Gasteiger partial charge in [-0.2, -0.15) is 5.26 Å². The van der Waals surface area contributed by atoms with Crippen molar-refractivity contribution >= 4 is 34.3 Å². The van der Waals surface area contributed by atoms with E-state index in [1.807, 2.05) is 18.2 Å². The van der Waals surface area contributed by atoms with Gasteiger partial charge in [-0.15, -0.1) is 0 Å². The molecule has 3 atom stereocenters. The Hall–Kier alpha value is -4.39. The molecule has 9 nitrogen and oxygen atoms in total. The van der Waals surface area contributed by atoms with Crippen LogP contribution in [-0.4, -0.2) is 41.9 Å². The summed E-state index contributed by atoms with van der Waals surface area (Å²) in [6.07, 6.45) is 2.42. The summed E-state index contributed by atoms with van der Waals surface area (Å²) in [6.45, 7) is 0. The van der Waals surface area contributed by atoms with Gasteiger partial charge in [0.2, 0.25) is 11.8 Å². The molecule has 3 aromatic rings. The standard InChI is InChI=1S/C27H26FN5O4/c1-37-24-4-2-3-20-19(24)12-23(31-20)27(36)33-22(9-14-5-6-14)26(35)30-16(13-29)11-18-17-8-7-15(28)10-21(17)32-25(18)34/h2-4,7-8,10,12,14,16,18,22,31H,5-6,9,11H2,1H3,(H,30,35)(H,32,34)(H,33,36)/t16-,18+,22-/m0/s1. The lowest BCUT2D eigenvalue weighted by Gasteiger charge is -2.21. The number of ether oxygens (including phenoxy) is 1. The Balaban J connectivity index is 1.29. The number of methoxy groups -OCH3 is 1. The number of hydrogen-bond acceptors (Lipinski definition) is 5. The van der Waals surface area contributed by atoms with Crippen molar-refractivity contribution in [3.63, 3.8) is 0 Å². The summed E-state index contributed by atoms with van der Waals surface area (Å²) < 4.78 is 18.9. The first-order chi connectivity index (χ1) is 17.9. The molecule has 37 heavy (non-hydrogen) atoms. The van der Waals surface area contributed by atoms with E-state index in [0.29, 0.717) is 29.3 Å². The van der Waals surface area contributed by atoms with E-state index in [2.05, 4.69) is 20.9 Å². The number of rotatable bonds is 9. The second kappa shape index (κ2) is 9.93. The first kappa shape index (κ1) is 24.3. The van der Waals surface area contributed by atoms with Crippen molar-refractivity contribution in [1.82, 2.24) is 15.6 Å². The molecule has 3 amide bonds. The zero-order chi connectivity index (χ0) is 26.1. The van der Waals surface area contributed by atoms with Crippen molar-refractivity contribution in [2.24, 2.45) is 5.92 Å². The molecule has 2 aromatic carbocycles. The molecule has 1 fully saturated rings. The fourth-order valence-electron chi connectivity index (χ4n) is 4.77. The number of H-pyrrole nitrogens is 1. The minimum Gasteiger partial charge on any atom is -0.496 e. The number of nitriles is 1. The highest BCUT2D eigenvalue weighted by molar-refractivity contribution is 6.03. The Morgan fingerprint density at radius 2 is 2.00 bits per heavy atom. The molecule has 2 aliphatic rings. The number of nitrogens with one attached hydrogen (secondary N) is 4. The van der Waals surface area contributed by atoms with E-state index in [-0.39, 0.29) is 18.0 Å². The number of carbonyl (C=O) groups is 3. The van der Waals surface area contributed by atoms with Gasteiger partial charge in [-0.05, 0) is 54.7 Å². The second-order valence-corrected chi connectivity index (χ2v) is 9.51. The van der Waals surface area contributed by atoms with Gasteiger partial charge in [0.1, 0.15) is 29.3 Å². The number of benzene rings is 2. The van der Waals surface area contributed by atoms with E-state index in [9.17, 15) is 24.0 Å². The molecule has 0 radical (unpaired) electrons. The van der Waals surface area contributed by atoms with Crippen molar-refractivity contribution in [3.05, 3.63) is 59.5 Å². The zero-order valence-corrected chi connectivity index (χ0v) is 20.1. The Bertz CT molecular complexity index is 1420. The van der Waals surface area contributed by atoms with Gasteiger partial charge in [-0.3, -0.25) is 14.4 Å². The lowest BCUT2D eigenvalue weighted by Crippen LogP contribution is -2.50. The Labute approximate surface area is 212 Å². The van der Waals surface area contributed by atoms with Gasteiger partial charge in [-0.1, -0.05) is 25.0 Å². The minimum absolute atomic E-state index is 0.0264. The number of anilines is 1. The SMILES string of the molecule is COc1cccc2[nH]c(C(=O)N[C@@H](CC3CC3)C(=O)N[C@H](C#N)C[C@H]3C(=O)Nc4cc(F)ccc43)cc12. The molecule has 0 unspecified atom stereocenters. The monoisotopic (exact) mass is 503 g/mol. The summed E-state index contributed by atoms with van der Waals surface area (Å²) in [5.41, 5.74) is 1.97. The maximum atomic E-state index is 13.5. The van der Waals surface area contributed by atoms with Crippen LogP contribution < -0.4 is 20.7 Å². The average molecular weight is 504 g/mol. The van der Waals surface area contributed by atoms with Crippen LogP contribution in [0.4, 0.5) is 10.1 Å². The van der Waals surface area contributed by atoms with E-state index < -0.39 is 35.6 Å². The maximum Gasteiger partial charge on any atom is 0.268 e. The van der Waals surface area contributed by atoms with Crippen molar-refractivity contribution in [2.45, 2.75) is 43.7 Å². The normalized spacial score (nSPS) is 17.9. The van der Waals surface area contributed by atoms with Crippen molar-refractivity contribution < 1.29 is 23.5 Å². The number of nitrogens with zero attached hydrogens (tertiary/aromatic N) is 1. The summed E-state index contributed by atoms with van der Waals surface area (Å²) in [7, 11) is 1.55. The van der Waals surface area contributed by atoms with Gasteiger partial charge in [0.25, 0.3) is 5.91 Å². The number of carbonyl (C=O) groups excluding carboxylic acids is 3. The smallest absolute Gasteiger partial charge is 0.268 e. The lowest BCUT2D eigenvalue weighted by atomic mass is 9.93. The number of halogens is 1. The third-order valence-corrected chi connectivity index (χ3v) is 6.89. The van der Waals surface area contributed by atoms with E-state index in [4.69, 9.17) is 4.74 Å². The summed E-state index contributed by atoms with van der Waals surface area (Å²) in [4.78, 5) is 41.8. The Morgan fingerprint density at radius 3 is 2.73 bits per heavy atom. The number of fused-ring (bicyclic) bond motifs is 2. The second-order valence-electron chi connectivity index (χ2n) is 9.51. The molecule has 1 saturated carbocycles. The van der Waals surface area contributed by atoms with Gasteiger partial charge >= 0.3 is 0 Å². The van der Waals surface area contributed by atoms with Crippen molar-refractivity contribution in [1.29, 1.82) is 5.26 Å². The minimum atomic E-state index is -0.977. The topological polar surface area (TPSA) is 136 Å². The van der Waals surface area contributed by atoms with Crippen LogP contribution in [0.2, 0.25) is 0 Å². The van der Waals surface area contributed by atoms with E-state index in [0.717, 1.165) is 23.7 Å². The van der Waals surface area contributed by atoms with Crippen LogP contribution in [0.1, 0.15) is 47.7 Å². The largest absolute Gasteiger partial charge is 0.496 e. The molecule has 1 aromatic heterocycles. The third-order valence-electron chi connectivity index (χ3n) is 6.89. The number of hydrogen-bond donors (Lipinski definition) is 4. The number of aromatic amines is 1. The van der Waals surface area contributed by atoms with Crippen LogP contribution in [0.5, 0.6) is 5.75 Å². The van der Waals surface area contributed by atoms with Crippen LogP contribution in [0.3, 0.4) is 0 Å². The third kappa shape index (κ3) is 5.11. The highest BCUT2D eigenvalue weighted by atomic mass is 19.1. The molecular weight excluding hydrogens is 477 g/mol.